The SMILES string of the molecule is Cc1c(-c2cc3nc(Nc4cnn(C5CC6(CNC6)C5)c4)ncc3c(N)c2F)cnc2c1NCCO2. The summed E-state index contributed by atoms with van der Waals surface area (Å²) in [5.41, 5.74) is 10.6. The van der Waals surface area contributed by atoms with Gasteiger partial charge in [-0.2, -0.15) is 5.10 Å². The number of rotatable bonds is 4. The van der Waals surface area contributed by atoms with Gasteiger partial charge in [0.05, 0.1) is 29.1 Å². The Labute approximate surface area is 206 Å². The number of fused-ring (bicyclic) bond motifs is 2. The molecule has 3 aliphatic rings. The van der Waals surface area contributed by atoms with Crippen LogP contribution < -0.4 is 26.4 Å². The van der Waals surface area contributed by atoms with Crippen molar-refractivity contribution in [2.24, 2.45) is 5.41 Å². The van der Waals surface area contributed by atoms with E-state index >= 15 is 4.39 Å². The van der Waals surface area contributed by atoms with Crippen LogP contribution >= 0.6 is 0 Å². The Morgan fingerprint density at radius 3 is 2.86 bits per heavy atom. The fourth-order valence-electron chi connectivity index (χ4n) is 5.55. The zero-order valence-electron chi connectivity index (χ0n) is 19.8. The summed E-state index contributed by atoms with van der Waals surface area (Å²) in [4.78, 5) is 13.4. The van der Waals surface area contributed by atoms with Crippen LogP contribution in [0.4, 0.5) is 27.4 Å². The van der Waals surface area contributed by atoms with E-state index in [1.165, 1.54) is 0 Å². The topological polar surface area (TPSA) is 128 Å². The number of hydrogen-bond donors (Lipinski definition) is 4. The van der Waals surface area contributed by atoms with Gasteiger partial charge in [-0.1, -0.05) is 0 Å². The monoisotopic (exact) mass is 487 g/mol. The number of nitrogens with two attached hydrogens (primary N) is 1. The molecule has 0 unspecified atom stereocenters. The molecule has 0 amide bonds. The molecule has 5 heterocycles. The molecule has 184 valence electrons. The molecule has 11 heteroatoms. The summed E-state index contributed by atoms with van der Waals surface area (Å²) in [7, 11) is 0. The lowest BCUT2D eigenvalue weighted by Gasteiger charge is -2.54. The Balaban J connectivity index is 1.19. The number of aromatic nitrogens is 5. The second-order valence-electron chi connectivity index (χ2n) is 10.0. The highest BCUT2D eigenvalue weighted by atomic mass is 19.1. The predicted octanol–water partition coefficient (Wildman–Crippen LogP) is 3.39. The number of benzene rings is 1. The lowest BCUT2D eigenvalue weighted by molar-refractivity contribution is 0.00238. The van der Waals surface area contributed by atoms with E-state index in [1.807, 2.05) is 17.8 Å². The minimum atomic E-state index is -0.519. The molecule has 3 aromatic heterocycles. The first-order valence-corrected chi connectivity index (χ1v) is 12.1. The lowest BCUT2D eigenvalue weighted by atomic mass is 9.62. The third-order valence-electron chi connectivity index (χ3n) is 7.67. The summed E-state index contributed by atoms with van der Waals surface area (Å²) < 4.78 is 23.0. The minimum Gasteiger partial charge on any atom is -0.474 e. The Hall–Kier alpha value is -3.99. The van der Waals surface area contributed by atoms with Crippen LogP contribution in [0.5, 0.6) is 5.88 Å². The molecule has 4 aromatic rings. The van der Waals surface area contributed by atoms with Crippen LogP contribution in [0.2, 0.25) is 0 Å². The maximum atomic E-state index is 15.4. The standard InChI is InChI=1S/C25H26FN9O/c1-13-17(8-30-23-22(13)29-2-3-36-23)16-4-19-18(21(27)20(16)26)9-31-24(34-19)33-14-7-32-35(10-14)15-5-25(6-15)11-28-12-25/h4,7-10,15,28-29H,2-3,5-6,11-12,27H2,1H3,(H,31,33,34). The number of nitrogens with one attached hydrogen (secondary N) is 3. The molecule has 1 saturated heterocycles. The number of hydrogen-bond acceptors (Lipinski definition) is 9. The van der Waals surface area contributed by atoms with Crippen LogP contribution in [0, 0.1) is 18.2 Å². The minimum absolute atomic E-state index is 0.00703. The molecule has 1 aliphatic carbocycles. The second kappa shape index (κ2) is 7.76. The van der Waals surface area contributed by atoms with Crippen molar-refractivity contribution in [3.63, 3.8) is 0 Å². The van der Waals surface area contributed by atoms with Gasteiger partial charge in [0.25, 0.3) is 0 Å². The number of nitrogens with zero attached hydrogens (tertiary/aromatic N) is 5. The van der Waals surface area contributed by atoms with Crippen molar-refractivity contribution in [2.45, 2.75) is 25.8 Å². The van der Waals surface area contributed by atoms with Crippen LogP contribution in [0.15, 0.2) is 30.9 Å². The van der Waals surface area contributed by atoms with Crippen LogP contribution in [0.1, 0.15) is 24.4 Å². The van der Waals surface area contributed by atoms with Gasteiger partial charge < -0.3 is 26.4 Å². The van der Waals surface area contributed by atoms with Crippen LogP contribution in [-0.2, 0) is 0 Å². The first kappa shape index (κ1) is 21.3. The number of ether oxygens (including phenoxy) is 1. The summed E-state index contributed by atoms with van der Waals surface area (Å²) >= 11 is 0. The van der Waals surface area contributed by atoms with Crippen molar-refractivity contribution >= 4 is 33.9 Å². The maximum absolute atomic E-state index is 15.4. The molecule has 36 heavy (non-hydrogen) atoms. The molecule has 2 aliphatic heterocycles. The number of anilines is 4. The average Bonchev–Trinajstić information content (AvgIpc) is 3.28. The highest BCUT2D eigenvalue weighted by molar-refractivity contribution is 5.96. The zero-order chi connectivity index (χ0) is 24.4. The van der Waals surface area contributed by atoms with E-state index in [-0.39, 0.29) is 5.69 Å². The molecule has 0 atom stereocenters. The number of nitrogen functional groups attached to an aromatic ring is 1. The Morgan fingerprint density at radius 1 is 1.19 bits per heavy atom. The third-order valence-corrected chi connectivity index (χ3v) is 7.67. The van der Waals surface area contributed by atoms with E-state index in [0.29, 0.717) is 58.5 Å². The van der Waals surface area contributed by atoms with E-state index in [0.717, 1.165) is 42.9 Å². The van der Waals surface area contributed by atoms with Crippen molar-refractivity contribution in [3.8, 4) is 17.0 Å². The quantitative estimate of drug-likeness (QED) is 0.320. The van der Waals surface area contributed by atoms with E-state index in [9.17, 15) is 0 Å². The van der Waals surface area contributed by atoms with Crippen molar-refractivity contribution in [3.05, 3.63) is 42.2 Å². The van der Waals surface area contributed by atoms with E-state index < -0.39 is 5.82 Å². The van der Waals surface area contributed by atoms with Crippen LogP contribution in [-0.4, -0.2) is 51.0 Å². The molecule has 0 bridgehead atoms. The molecular formula is C25H26FN9O. The van der Waals surface area contributed by atoms with Gasteiger partial charge >= 0.3 is 0 Å². The first-order valence-electron chi connectivity index (χ1n) is 12.1. The summed E-state index contributed by atoms with van der Waals surface area (Å²) in [5.74, 6) is 0.393. The predicted molar refractivity (Wildman–Crippen MR) is 135 cm³/mol. The van der Waals surface area contributed by atoms with Crippen molar-refractivity contribution in [1.29, 1.82) is 0 Å². The summed E-state index contributed by atoms with van der Waals surface area (Å²) in [6.45, 7) is 5.34. The summed E-state index contributed by atoms with van der Waals surface area (Å²) in [6.07, 6.45) is 9.23. The average molecular weight is 488 g/mol. The maximum Gasteiger partial charge on any atom is 0.237 e. The Kier molecular flexibility index (Phi) is 4.59. The van der Waals surface area contributed by atoms with E-state index in [2.05, 4.69) is 36.0 Å². The molecule has 5 N–H and O–H groups in total. The Bertz CT molecular complexity index is 1510. The third kappa shape index (κ3) is 3.26. The molecule has 1 spiro atoms. The van der Waals surface area contributed by atoms with Gasteiger partial charge in [0, 0.05) is 54.7 Å². The van der Waals surface area contributed by atoms with Crippen molar-refractivity contribution in [1.82, 2.24) is 30.0 Å². The van der Waals surface area contributed by atoms with Crippen molar-refractivity contribution in [2.75, 3.05) is 42.6 Å². The molecule has 0 radical (unpaired) electrons. The molecule has 10 nitrogen and oxygen atoms in total. The molecule has 2 fully saturated rings. The molecule has 1 saturated carbocycles. The normalized spacial score (nSPS) is 18.2. The van der Waals surface area contributed by atoms with Crippen LogP contribution in [0.25, 0.3) is 22.0 Å². The first-order chi connectivity index (χ1) is 17.5. The Morgan fingerprint density at radius 2 is 2.06 bits per heavy atom. The van der Waals surface area contributed by atoms with Gasteiger partial charge in [-0.25, -0.2) is 19.3 Å². The number of halogens is 1. The smallest absolute Gasteiger partial charge is 0.237 e. The van der Waals surface area contributed by atoms with E-state index in [1.54, 1.807) is 24.7 Å². The zero-order valence-corrected chi connectivity index (χ0v) is 19.8. The number of pyridine rings is 1. The highest BCUT2D eigenvalue weighted by Crippen LogP contribution is 2.50. The van der Waals surface area contributed by atoms with Gasteiger partial charge in [-0.15, -0.1) is 0 Å². The van der Waals surface area contributed by atoms with E-state index in [4.69, 9.17) is 10.5 Å². The molecular weight excluding hydrogens is 461 g/mol. The fourth-order valence-corrected chi connectivity index (χ4v) is 5.55. The van der Waals surface area contributed by atoms with Gasteiger partial charge in [-0.3, -0.25) is 4.68 Å². The fraction of sp³-hybridized carbons (Fsp3) is 0.360. The van der Waals surface area contributed by atoms with Gasteiger partial charge in [-0.05, 0) is 36.8 Å². The van der Waals surface area contributed by atoms with Gasteiger partial charge in [0.1, 0.15) is 12.3 Å². The van der Waals surface area contributed by atoms with Crippen LogP contribution in [0.3, 0.4) is 0 Å². The molecule has 7 rings (SSSR count). The molecule has 1 aromatic carbocycles. The summed E-state index contributed by atoms with van der Waals surface area (Å²) in [5, 5.41) is 14.9. The summed E-state index contributed by atoms with van der Waals surface area (Å²) in [6, 6.07) is 2.12. The second-order valence-corrected chi connectivity index (χ2v) is 10.0. The van der Waals surface area contributed by atoms with Crippen molar-refractivity contribution < 1.29 is 9.13 Å². The lowest BCUT2D eigenvalue weighted by Crippen LogP contribution is -2.60. The highest BCUT2D eigenvalue weighted by Gasteiger charge is 2.49. The van der Waals surface area contributed by atoms with Gasteiger partial charge in [0.2, 0.25) is 11.8 Å². The largest absolute Gasteiger partial charge is 0.474 e. The van der Waals surface area contributed by atoms with Gasteiger partial charge in [0.15, 0.2) is 5.82 Å².